The number of hydrogen-bond acceptors (Lipinski definition) is 2. The lowest BCUT2D eigenvalue weighted by atomic mass is 10.3. The van der Waals surface area contributed by atoms with Gasteiger partial charge in [-0.15, -0.1) is 6.58 Å². The van der Waals surface area contributed by atoms with E-state index in [0.717, 1.165) is 11.9 Å². The Labute approximate surface area is 85.4 Å². The standard InChI is InChI=1S/C8H13F3N2O2/c1-3-4-12-7(15)13(2)5-6(14)8(9,10)11/h3,6,14H,1,4-5H2,2H3,(H,12,15). The molecule has 0 saturated heterocycles. The Morgan fingerprint density at radius 2 is 2.20 bits per heavy atom. The van der Waals surface area contributed by atoms with Gasteiger partial charge in [-0.05, 0) is 0 Å². The number of alkyl halides is 3. The zero-order chi connectivity index (χ0) is 12.1. The number of amides is 2. The summed E-state index contributed by atoms with van der Waals surface area (Å²) in [4.78, 5) is 11.8. The predicted octanol–water partition coefficient (Wildman–Crippen LogP) is 0.737. The minimum absolute atomic E-state index is 0.158. The molecule has 0 heterocycles. The molecule has 0 aromatic rings. The molecule has 0 rings (SSSR count). The number of aliphatic hydroxyl groups excluding tert-OH is 1. The van der Waals surface area contributed by atoms with Crippen LogP contribution in [-0.4, -0.2) is 48.5 Å². The molecule has 88 valence electrons. The summed E-state index contributed by atoms with van der Waals surface area (Å²) >= 11 is 0. The van der Waals surface area contributed by atoms with Crippen LogP contribution in [0.4, 0.5) is 18.0 Å². The third kappa shape index (κ3) is 5.26. The van der Waals surface area contributed by atoms with E-state index in [-0.39, 0.29) is 6.54 Å². The molecular weight excluding hydrogens is 213 g/mol. The summed E-state index contributed by atoms with van der Waals surface area (Å²) in [5, 5.41) is 10.9. The van der Waals surface area contributed by atoms with Crippen LogP contribution in [0.15, 0.2) is 12.7 Å². The molecule has 1 unspecified atom stereocenters. The molecule has 0 fully saturated rings. The average molecular weight is 226 g/mol. The molecule has 0 aromatic heterocycles. The van der Waals surface area contributed by atoms with E-state index in [1.165, 1.54) is 6.08 Å². The molecule has 4 nitrogen and oxygen atoms in total. The van der Waals surface area contributed by atoms with Crippen LogP contribution in [-0.2, 0) is 0 Å². The van der Waals surface area contributed by atoms with Gasteiger partial charge in [-0.2, -0.15) is 13.2 Å². The quantitative estimate of drug-likeness (QED) is 0.694. The molecule has 7 heteroatoms. The molecule has 0 aliphatic rings. The zero-order valence-corrected chi connectivity index (χ0v) is 8.21. The van der Waals surface area contributed by atoms with E-state index in [0.29, 0.717) is 0 Å². The topological polar surface area (TPSA) is 52.6 Å². The molecule has 1 atom stereocenters. The van der Waals surface area contributed by atoms with Gasteiger partial charge in [0, 0.05) is 13.6 Å². The summed E-state index contributed by atoms with van der Waals surface area (Å²) in [6.07, 6.45) is -5.85. The third-order valence-electron chi connectivity index (χ3n) is 1.57. The van der Waals surface area contributed by atoms with Gasteiger partial charge >= 0.3 is 12.2 Å². The van der Waals surface area contributed by atoms with Gasteiger partial charge in [0.2, 0.25) is 0 Å². The Kier molecular flexibility index (Phi) is 5.13. The lowest BCUT2D eigenvalue weighted by Crippen LogP contribution is -2.45. The summed E-state index contributed by atoms with van der Waals surface area (Å²) in [6.45, 7) is 2.69. The highest BCUT2D eigenvalue weighted by atomic mass is 19.4. The summed E-state index contributed by atoms with van der Waals surface area (Å²) in [7, 11) is 1.16. The number of hydrogen-bond donors (Lipinski definition) is 2. The zero-order valence-electron chi connectivity index (χ0n) is 8.21. The highest BCUT2D eigenvalue weighted by Gasteiger charge is 2.39. The fraction of sp³-hybridized carbons (Fsp3) is 0.625. The van der Waals surface area contributed by atoms with Crippen molar-refractivity contribution < 1.29 is 23.1 Å². The smallest absolute Gasteiger partial charge is 0.382 e. The van der Waals surface area contributed by atoms with Crippen LogP contribution in [0.3, 0.4) is 0 Å². The molecule has 2 amide bonds. The van der Waals surface area contributed by atoms with E-state index < -0.39 is 24.9 Å². The van der Waals surface area contributed by atoms with E-state index in [4.69, 9.17) is 5.11 Å². The molecule has 0 aliphatic carbocycles. The lowest BCUT2D eigenvalue weighted by Gasteiger charge is -2.22. The van der Waals surface area contributed by atoms with Gasteiger partial charge in [0.1, 0.15) is 0 Å². The van der Waals surface area contributed by atoms with E-state index in [9.17, 15) is 18.0 Å². The molecular formula is C8H13F3N2O2. The van der Waals surface area contributed by atoms with Crippen molar-refractivity contribution in [3.63, 3.8) is 0 Å². The molecule has 0 saturated carbocycles. The Bertz CT molecular complexity index is 230. The van der Waals surface area contributed by atoms with Gasteiger partial charge in [0.05, 0.1) is 6.54 Å². The SMILES string of the molecule is C=CCNC(=O)N(C)CC(O)C(F)(F)F. The number of likely N-dealkylation sites (N-methyl/N-ethyl adjacent to an activating group) is 1. The molecule has 2 N–H and O–H groups in total. The van der Waals surface area contributed by atoms with Crippen molar-refractivity contribution in [2.24, 2.45) is 0 Å². The van der Waals surface area contributed by atoms with Crippen molar-refractivity contribution in [1.29, 1.82) is 0 Å². The van der Waals surface area contributed by atoms with Gasteiger partial charge in [-0.3, -0.25) is 0 Å². The number of carbonyl (C=O) groups is 1. The van der Waals surface area contributed by atoms with Gasteiger partial charge < -0.3 is 15.3 Å². The second-order valence-electron chi connectivity index (χ2n) is 2.91. The van der Waals surface area contributed by atoms with E-state index in [2.05, 4.69) is 11.9 Å². The lowest BCUT2D eigenvalue weighted by molar-refractivity contribution is -0.205. The Morgan fingerprint density at radius 3 is 2.60 bits per heavy atom. The van der Waals surface area contributed by atoms with Gasteiger partial charge in [0.25, 0.3) is 0 Å². The number of carbonyl (C=O) groups excluding carboxylic acids is 1. The summed E-state index contributed by atoms with van der Waals surface area (Å²) in [6, 6.07) is -0.696. The Balaban J connectivity index is 4.07. The highest BCUT2D eigenvalue weighted by Crippen LogP contribution is 2.20. The van der Waals surface area contributed by atoms with Crippen molar-refractivity contribution in [3.8, 4) is 0 Å². The van der Waals surface area contributed by atoms with Crippen molar-refractivity contribution in [1.82, 2.24) is 10.2 Å². The van der Waals surface area contributed by atoms with Crippen LogP contribution < -0.4 is 5.32 Å². The maximum Gasteiger partial charge on any atom is 0.416 e. The van der Waals surface area contributed by atoms with Crippen LogP contribution in [0.25, 0.3) is 0 Å². The van der Waals surface area contributed by atoms with Gasteiger partial charge in [0.15, 0.2) is 6.10 Å². The fourth-order valence-corrected chi connectivity index (χ4v) is 0.740. The number of rotatable bonds is 4. The molecule has 0 aliphatic heterocycles. The Morgan fingerprint density at radius 1 is 1.67 bits per heavy atom. The molecule has 15 heavy (non-hydrogen) atoms. The average Bonchev–Trinajstić information content (AvgIpc) is 2.12. The van der Waals surface area contributed by atoms with Crippen LogP contribution in [0, 0.1) is 0 Å². The largest absolute Gasteiger partial charge is 0.416 e. The first-order valence-corrected chi connectivity index (χ1v) is 4.13. The van der Waals surface area contributed by atoms with Crippen molar-refractivity contribution in [2.75, 3.05) is 20.1 Å². The Hall–Kier alpha value is -1.24. The second-order valence-corrected chi connectivity index (χ2v) is 2.91. The van der Waals surface area contributed by atoms with E-state index >= 15 is 0 Å². The minimum atomic E-state index is -4.72. The molecule has 0 radical (unpaired) electrons. The van der Waals surface area contributed by atoms with Crippen molar-refractivity contribution in [3.05, 3.63) is 12.7 Å². The van der Waals surface area contributed by atoms with E-state index in [1.54, 1.807) is 0 Å². The first-order chi connectivity index (χ1) is 6.79. The first kappa shape index (κ1) is 13.8. The fourth-order valence-electron chi connectivity index (χ4n) is 0.740. The van der Waals surface area contributed by atoms with Crippen LogP contribution >= 0.6 is 0 Å². The molecule has 0 aromatic carbocycles. The second kappa shape index (κ2) is 5.59. The van der Waals surface area contributed by atoms with Crippen molar-refractivity contribution in [2.45, 2.75) is 12.3 Å². The molecule has 0 spiro atoms. The maximum absolute atomic E-state index is 11.9. The number of urea groups is 1. The number of halogens is 3. The monoisotopic (exact) mass is 226 g/mol. The van der Waals surface area contributed by atoms with Crippen LogP contribution in [0.1, 0.15) is 0 Å². The van der Waals surface area contributed by atoms with E-state index in [1.807, 2.05) is 0 Å². The number of aliphatic hydroxyl groups is 1. The van der Waals surface area contributed by atoms with Gasteiger partial charge in [-0.25, -0.2) is 4.79 Å². The summed E-state index contributed by atoms with van der Waals surface area (Å²) < 4.78 is 35.7. The number of nitrogens with zero attached hydrogens (tertiary/aromatic N) is 1. The maximum atomic E-state index is 11.9. The normalized spacial score (nSPS) is 13.1. The minimum Gasteiger partial charge on any atom is -0.382 e. The number of nitrogens with one attached hydrogen (secondary N) is 1. The highest BCUT2D eigenvalue weighted by molar-refractivity contribution is 5.73. The predicted molar refractivity (Wildman–Crippen MR) is 48.3 cm³/mol. The van der Waals surface area contributed by atoms with Gasteiger partial charge in [-0.1, -0.05) is 6.08 Å². The van der Waals surface area contributed by atoms with Crippen LogP contribution in [0.2, 0.25) is 0 Å². The van der Waals surface area contributed by atoms with Crippen molar-refractivity contribution >= 4 is 6.03 Å². The summed E-state index contributed by atoms with van der Waals surface area (Å²) in [5.74, 6) is 0. The molecule has 0 bridgehead atoms. The third-order valence-corrected chi connectivity index (χ3v) is 1.57. The van der Waals surface area contributed by atoms with Crippen LogP contribution in [0.5, 0.6) is 0 Å². The summed E-state index contributed by atoms with van der Waals surface area (Å²) in [5.41, 5.74) is 0. The first-order valence-electron chi connectivity index (χ1n) is 4.13.